The molecule has 11 nitrogen and oxygen atoms in total. The molecule has 1 saturated heterocycles. The molecule has 11 heteroatoms. The molecule has 4 N–H and O–H groups in total. The number of aromatic hydroxyl groups is 1. The second kappa shape index (κ2) is 8.75. The molecule has 0 aromatic carbocycles. The number of ketones is 1. The van der Waals surface area contributed by atoms with E-state index in [1.165, 1.54) is 11.8 Å². The number of aliphatic hydroxyl groups excluding tert-OH is 1. The van der Waals surface area contributed by atoms with Crippen LogP contribution in [0.25, 0.3) is 0 Å². The summed E-state index contributed by atoms with van der Waals surface area (Å²) in [6.07, 6.45) is 0.284. The average molecular weight is 449 g/mol. The van der Waals surface area contributed by atoms with E-state index in [9.17, 15) is 39.7 Å². The van der Waals surface area contributed by atoms with Gasteiger partial charge in [0.25, 0.3) is 0 Å². The van der Waals surface area contributed by atoms with Crippen molar-refractivity contribution in [2.75, 3.05) is 20.1 Å². The van der Waals surface area contributed by atoms with Crippen LogP contribution in [0.3, 0.4) is 0 Å². The Bertz CT molecular complexity index is 1040. The van der Waals surface area contributed by atoms with Gasteiger partial charge in [0.2, 0.25) is 11.3 Å². The first-order valence-electron chi connectivity index (χ1n) is 10.3. The lowest BCUT2D eigenvalue weighted by Gasteiger charge is -2.46. The number of β-lactam (4-membered cyclic amide) rings is 1. The van der Waals surface area contributed by atoms with Crippen molar-refractivity contribution in [2.45, 2.75) is 38.8 Å². The highest BCUT2D eigenvalue weighted by Gasteiger charge is 2.59. The van der Waals surface area contributed by atoms with E-state index in [1.54, 1.807) is 7.05 Å². The number of carboxylic acids is 1. The molecule has 0 aliphatic carbocycles. The molecular weight excluding hydrogens is 422 g/mol. The van der Waals surface area contributed by atoms with E-state index in [4.69, 9.17) is 0 Å². The molecule has 174 valence electrons. The summed E-state index contributed by atoms with van der Waals surface area (Å²) in [6.45, 7) is 4.05. The minimum atomic E-state index is -1.19. The number of likely N-dealkylation sites (N-methyl/N-ethyl adjacent to an activating group) is 1. The fourth-order valence-corrected chi connectivity index (χ4v) is 4.58. The fraction of sp³-hybridized carbons (Fsp3) is 0.524. The number of Topliss-reactive ketones (excluding diaryl/α,β-unsaturated/α-hetero) is 1. The van der Waals surface area contributed by atoms with Crippen LogP contribution >= 0.6 is 0 Å². The third-order valence-electron chi connectivity index (χ3n) is 6.20. The fourth-order valence-electron chi connectivity index (χ4n) is 4.58. The molecule has 4 atom stereocenters. The standard InChI is InChI=1S/C21H27N3O8/c1-10-12(19(21(30)31)24-18(10)17(11(2)25)20(24)29)8-22(3)6-4-5-14(26)13-7-15(27)16(28)9-23(13)32/h7,9-11,17-18,25,28,32H,4-6,8H2,1-3H3,(H,30,31)/t10-,11+,17+,18+/m0/s1. The molecule has 2 aliphatic rings. The highest BCUT2D eigenvalue weighted by molar-refractivity contribution is 6.00. The van der Waals surface area contributed by atoms with E-state index in [0.29, 0.717) is 23.3 Å². The smallest absolute Gasteiger partial charge is 0.352 e. The number of hydrogen-bond donors (Lipinski definition) is 4. The highest BCUT2D eigenvalue weighted by atomic mass is 16.5. The third kappa shape index (κ3) is 4.00. The Labute approximate surface area is 183 Å². The van der Waals surface area contributed by atoms with Gasteiger partial charge in [0.15, 0.2) is 11.5 Å². The molecule has 1 amide bonds. The number of aliphatic hydroxyl groups is 1. The van der Waals surface area contributed by atoms with Crippen molar-refractivity contribution < 1.29 is 34.9 Å². The van der Waals surface area contributed by atoms with E-state index >= 15 is 0 Å². The largest absolute Gasteiger partial charge is 0.503 e. The number of carbonyl (C=O) groups excluding carboxylic acids is 2. The van der Waals surface area contributed by atoms with Crippen LogP contribution in [0.2, 0.25) is 0 Å². The molecule has 3 heterocycles. The number of carboxylic acid groups (broad SMARTS) is 1. The topological polar surface area (TPSA) is 161 Å². The SMILES string of the molecule is C[C@@H](O)[C@H]1C(=O)N2C(C(=O)O)=C(CN(C)CCCC(=O)c3cc(=O)c(O)cn3O)[C@H](C)[C@H]12. The van der Waals surface area contributed by atoms with Gasteiger partial charge in [0.1, 0.15) is 11.4 Å². The molecule has 1 aromatic heterocycles. The van der Waals surface area contributed by atoms with Crippen LogP contribution in [0.5, 0.6) is 5.75 Å². The van der Waals surface area contributed by atoms with Crippen molar-refractivity contribution in [3.8, 4) is 5.75 Å². The first-order valence-corrected chi connectivity index (χ1v) is 10.3. The molecule has 32 heavy (non-hydrogen) atoms. The molecule has 1 fully saturated rings. The summed E-state index contributed by atoms with van der Waals surface area (Å²) < 4.78 is 0.409. The third-order valence-corrected chi connectivity index (χ3v) is 6.20. The van der Waals surface area contributed by atoms with Crippen molar-refractivity contribution in [2.24, 2.45) is 11.8 Å². The number of rotatable bonds is 9. The lowest BCUT2D eigenvalue weighted by molar-refractivity contribution is -0.163. The Hall–Kier alpha value is -3.18. The number of hydrogen-bond acceptors (Lipinski definition) is 8. The summed E-state index contributed by atoms with van der Waals surface area (Å²) in [4.78, 5) is 51.1. The van der Waals surface area contributed by atoms with Gasteiger partial charge < -0.3 is 30.3 Å². The highest BCUT2D eigenvalue weighted by Crippen LogP contribution is 2.47. The summed E-state index contributed by atoms with van der Waals surface area (Å²) in [5.74, 6) is -3.58. The minimum Gasteiger partial charge on any atom is -0.503 e. The maximum absolute atomic E-state index is 12.4. The van der Waals surface area contributed by atoms with Gasteiger partial charge in [-0.3, -0.25) is 14.4 Å². The van der Waals surface area contributed by atoms with Crippen LogP contribution in [0.1, 0.15) is 37.2 Å². The lowest BCUT2D eigenvalue weighted by Crippen LogP contribution is -2.63. The number of aliphatic carboxylic acids is 1. The van der Waals surface area contributed by atoms with E-state index < -0.39 is 35.0 Å². The first-order chi connectivity index (χ1) is 15.0. The number of nitrogens with zero attached hydrogens (tertiary/aromatic N) is 3. The normalized spacial score (nSPS) is 23.3. The van der Waals surface area contributed by atoms with Crippen molar-refractivity contribution in [3.63, 3.8) is 0 Å². The van der Waals surface area contributed by atoms with Crippen LogP contribution in [-0.2, 0) is 9.59 Å². The molecule has 0 radical (unpaired) electrons. The van der Waals surface area contributed by atoms with Gasteiger partial charge in [0, 0.05) is 24.9 Å². The minimum absolute atomic E-state index is 0.0207. The maximum atomic E-state index is 12.4. The summed E-state index contributed by atoms with van der Waals surface area (Å²) >= 11 is 0. The van der Waals surface area contributed by atoms with Gasteiger partial charge in [-0.2, -0.15) is 4.73 Å². The van der Waals surface area contributed by atoms with Gasteiger partial charge in [-0.05, 0) is 32.5 Å². The van der Waals surface area contributed by atoms with E-state index in [2.05, 4.69) is 0 Å². The first kappa shape index (κ1) is 23.5. The average Bonchev–Trinajstić information content (AvgIpc) is 2.93. The van der Waals surface area contributed by atoms with E-state index in [-0.39, 0.29) is 42.2 Å². The van der Waals surface area contributed by atoms with Gasteiger partial charge in [-0.25, -0.2) is 4.79 Å². The Morgan fingerprint density at radius 1 is 1.28 bits per heavy atom. The maximum Gasteiger partial charge on any atom is 0.352 e. The van der Waals surface area contributed by atoms with Crippen LogP contribution in [0.4, 0.5) is 0 Å². The summed E-state index contributed by atoms with van der Waals surface area (Å²) in [7, 11) is 1.76. The van der Waals surface area contributed by atoms with Crippen LogP contribution < -0.4 is 5.43 Å². The number of fused-ring (bicyclic) bond motifs is 1. The Morgan fingerprint density at radius 2 is 1.94 bits per heavy atom. The molecule has 1 aromatic rings. The van der Waals surface area contributed by atoms with Crippen molar-refractivity contribution >= 4 is 17.7 Å². The molecule has 0 unspecified atom stereocenters. The van der Waals surface area contributed by atoms with Crippen LogP contribution in [0.15, 0.2) is 28.3 Å². The number of pyridine rings is 1. The van der Waals surface area contributed by atoms with Gasteiger partial charge in [0.05, 0.1) is 24.3 Å². The lowest BCUT2D eigenvalue weighted by atomic mass is 9.77. The second-order valence-corrected chi connectivity index (χ2v) is 8.45. The van der Waals surface area contributed by atoms with Gasteiger partial charge in [-0.15, -0.1) is 0 Å². The number of carbonyl (C=O) groups is 3. The van der Waals surface area contributed by atoms with Gasteiger partial charge >= 0.3 is 5.97 Å². The Morgan fingerprint density at radius 3 is 2.53 bits per heavy atom. The molecule has 0 spiro atoms. The molecule has 3 rings (SSSR count). The monoisotopic (exact) mass is 449 g/mol. The number of aromatic nitrogens is 1. The second-order valence-electron chi connectivity index (χ2n) is 8.45. The van der Waals surface area contributed by atoms with E-state index in [0.717, 1.165) is 12.3 Å². The molecular formula is C21H27N3O8. The van der Waals surface area contributed by atoms with Gasteiger partial charge in [-0.1, -0.05) is 6.92 Å². The zero-order valence-electron chi connectivity index (χ0n) is 18.1. The zero-order valence-corrected chi connectivity index (χ0v) is 18.1. The Kier molecular flexibility index (Phi) is 6.42. The molecule has 2 aliphatic heterocycles. The van der Waals surface area contributed by atoms with Crippen molar-refractivity contribution in [1.82, 2.24) is 14.5 Å². The molecule has 0 saturated carbocycles. The predicted octanol–water partition coefficient (Wildman–Crippen LogP) is -0.118. The quantitative estimate of drug-likeness (QED) is 0.229. The summed E-state index contributed by atoms with van der Waals surface area (Å²) in [5.41, 5.74) is -0.451. The molecule has 0 bridgehead atoms. The van der Waals surface area contributed by atoms with E-state index in [1.807, 2.05) is 11.8 Å². The summed E-state index contributed by atoms with van der Waals surface area (Å²) in [5, 5.41) is 38.6. The van der Waals surface area contributed by atoms with Crippen molar-refractivity contribution in [1.29, 1.82) is 0 Å². The number of amides is 1. The van der Waals surface area contributed by atoms with Crippen LogP contribution in [0, 0.1) is 11.8 Å². The summed E-state index contributed by atoms with van der Waals surface area (Å²) in [6, 6.07) is 0.486. The predicted molar refractivity (Wildman–Crippen MR) is 110 cm³/mol. The van der Waals surface area contributed by atoms with Crippen molar-refractivity contribution in [3.05, 3.63) is 39.5 Å². The zero-order chi connectivity index (χ0) is 23.9. The Balaban J connectivity index is 1.63. The van der Waals surface area contributed by atoms with Crippen LogP contribution in [-0.4, -0.2) is 85.0 Å².